The summed E-state index contributed by atoms with van der Waals surface area (Å²) in [4.78, 5) is 0.384. The first-order valence-electron chi connectivity index (χ1n) is 7.44. The smallest absolute Gasteiger partial charge is 0.106 e. The molecule has 0 aliphatic heterocycles. The molecule has 0 saturated heterocycles. The molecular weight excluding hydrogens is 300 g/mol. The molecule has 0 heterocycles. The third kappa shape index (κ3) is 4.33. The van der Waals surface area contributed by atoms with Crippen LogP contribution in [0.15, 0.2) is 18.2 Å². The van der Waals surface area contributed by atoms with E-state index in [2.05, 4.69) is 33.0 Å². The van der Waals surface area contributed by atoms with Crippen molar-refractivity contribution in [1.29, 1.82) is 0 Å². The molecule has 2 nitrogen and oxygen atoms in total. The standard InChI is InChI=1S/C17H25ClN2S/c1-16(2)8-12(9-17(3,4)10-16)20-14-6-5-11(18)7-13(14)15(19)21/h5-7,12,20H,8-10H2,1-4H3,(H2,19,21). The van der Waals surface area contributed by atoms with E-state index in [-0.39, 0.29) is 0 Å². The summed E-state index contributed by atoms with van der Waals surface area (Å²) in [5.74, 6) is 0. The van der Waals surface area contributed by atoms with Gasteiger partial charge in [-0.05, 0) is 48.3 Å². The Bertz CT molecular complexity index is 536. The number of rotatable bonds is 3. The molecule has 1 saturated carbocycles. The van der Waals surface area contributed by atoms with Gasteiger partial charge in [0, 0.05) is 22.3 Å². The van der Waals surface area contributed by atoms with Gasteiger partial charge in [-0.2, -0.15) is 0 Å². The van der Waals surface area contributed by atoms with Gasteiger partial charge >= 0.3 is 0 Å². The number of nitrogens with one attached hydrogen (secondary N) is 1. The monoisotopic (exact) mass is 324 g/mol. The zero-order valence-electron chi connectivity index (χ0n) is 13.3. The molecule has 1 aliphatic rings. The summed E-state index contributed by atoms with van der Waals surface area (Å²) in [6, 6.07) is 6.12. The molecule has 21 heavy (non-hydrogen) atoms. The molecule has 116 valence electrons. The first-order valence-corrected chi connectivity index (χ1v) is 8.23. The van der Waals surface area contributed by atoms with Crippen molar-refractivity contribution in [2.24, 2.45) is 16.6 Å². The van der Waals surface area contributed by atoms with E-state index in [9.17, 15) is 0 Å². The molecule has 0 amide bonds. The summed E-state index contributed by atoms with van der Waals surface area (Å²) in [5.41, 5.74) is 8.34. The van der Waals surface area contributed by atoms with Crippen LogP contribution in [0.4, 0.5) is 5.69 Å². The Kier molecular flexibility index (Phi) is 4.55. The molecule has 0 radical (unpaired) electrons. The Labute approximate surface area is 138 Å². The Morgan fingerprint density at radius 1 is 1.24 bits per heavy atom. The third-order valence-corrected chi connectivity index (χ3v) is 4.62. The summed E-state index contributed by atoms with van der Waals surface area (Å²) < 4.78 is 0. The molecule has 1 aromatic rings. The van der Waals surface area contributed by atoms with Gasteiger partial charge in [-0.15, -0.1) is 0 Å². The summed E-state index contributed by atoms with van der Waals surface area (Å²) in [5, 5.41) is 4.30. The lowest BCUT2D eigenvalue weighted by atomic mass is 9.63. The summed E-state index contributed by atoms with van der Waals surface area (Å²) >= 11 is 11.2. The van der Waals surface area contributed by atoms with Crippen LogP contribution in [-0.4, -0.2) is 11.0 Å². The Morgan fingerprint density at radius 3 is 2.33 bits per heavy atom. The highest BCUT2D eigenvalue weighted by Crippen LogP contribution is 2.46. The number of anilines is 1. The predicted octanol–water partition coefficient (Wildman–Crippen LogP) is 4.99. The minimum absolute atomic E-state index is 0.342. The van der Waals surface area contributed by atoms with Crippen LogP contribution in [0.5, 0.6) is 0 Å². The zero-order chi connectivity index (χ0) is 15.8. The van der Waals surface area contributed by atoms with E-state index in [0.717, 1.165) is 24.1 Å². The van der Waals surface area contributed by atoms with Crippen molar-refractivity contribution in [1.82, 2.24) is 0 Å². The molecule has 0 spiro atoms. The second kappa shape index (κ2) is 5.77. The summed E-state index contributed by atoms with van der Waals surface area (Å²) in [7, 11) is 0. The van der Waals surface area contributed by atoms with Gasteiger partial charge in [0.15, 0.2) is 0 Å². The van der Waals surface area contributed by atoms with Crippen LogP contribution in [0.2, 0.25) is 5.02 Å². The lowest BCUT2D eigenvalue weighted by molar-refractivity contribution is 0.105. The van der Waals surface area contributed by atoms with Crippen LogP contribution in [-0.2, 0) is 0 Å². The molecule has 0 unspecified atom stereocenters. The normalized spacial score (nSPS) is 21.0. The zero-order valence-corrected chi connectivity index (χ0v) is 14.9. The summed E-state index contributed by atoms with van der Waals surface area (Å²) in [6.45, 7) is 9.38. The first kappa shape index (κ1) is 16.6. The highest BCUT2D eigenvalue weighted by Gasteiger charge is 2.38. The maximum Gasteiger partial charge on any atom is 0.106 e. The van der Waals surface area contributed by atoms with E-state index in [0.29, 0.717) is 26.9 Å². The van der Waals surface area contributed by atoms with Gasteiger partial charge in [-0.3, -0.25) is 0 Å². The maximum atomic E-state index is 6.05. The van der Waals surface area contributed by atoms with Gasteiger partial charge in [-0.25, -0.2) is 0 Å². The molecule has 4 heteroatoms. The molecule has 0 atom stereocenters. The topological polar surface area (TPSA) is 38.0 Å². The average Bonchev–Trinajstić information content (AvgIpc) is 2.27. The summed E-state index contributed by atoms with van der Waals surface area (Å²) in [6.07, 6.45) is 3.55. The van der Waals surface area contributed by atoms with E-state index in [1.807, 2.05) is 18.2 Å². The van der Waals surface area contributed by atoms with Gasteiger partial charge in [0.1, 0.15) is 4.99 Å². The SMILES string of the molecule is CC1(C)CC(Nc2ccc(Cl)cc2C(N)=S)CC(C)(C)C1. The van der Waals surface area contributed by atoms with Crippen molar-refractivity contribution < 1.29 is 0 Å². The molecule has 1 aliphatic carbocycles. The van der Waals surface area contributed by atoms with Crippen molar-refractivity contribution in [3.63, 3.8) is 0 Å². The molecule has 3 N–H and O–H groups in total. The van der Waals surface area contributed by atoms with E-state index in [1.165, 1.54) is 6.42 Å². The largest absolute Gasteiger partial charge is 0.389 e. The van der Waals surface area contributed by atoms with E-state index >= 15 is 0 Å². The van der Waals surface area contributed by atoms with Crippen molar-refractivity contribution in [2.45, 2.75) is 53.0 Å². The van der Waals surface area contributed by atoms with Crippen LogP contribution in [0.3, 0.4) is 0 Å². The van der Waals surface area contributed by atoms with E-state index < -0.39 is 0 Å². The molecule has 1 fully saturated rings. The van der Waals surface area contributed by atoms with Crippen LogP contribution < -0.4 is 11.1 Å². The van der Waals surface area contributed by atoms with Gasteiger partial charge in [-0.1, -0.05) is 51.5 Å². The number of hydrogen-bond acceptors (Lipinski definition) is 2. The first-order chi connectivity index (χ1) is 9.58. The van der Waals surface area contributed by atoms with E-state index in [4.69, 9.17) is 29.6 Å². The van der Waals surface area contributed by atoms with E-state index in [1.54, 1.807) is 0 Å². The second-order valence-electron chi connectivity index (χ2n) is 7.81. The Morgan fingerprint density at radius 2 is 1.81 bits per heavy atom. The average molecular weight is 325 g/mol. The highest BCUT2D eigenvalue weighted by atomic mass is 35.5. The third-order valence-electron chi connectivity index (χ3n) is 4.16. The van der Waals surface area contributed by atoms with Crippen molar-refractivity contribution in [3.8, 4) is 0 Å². The van der Waals surface area contributed by atoms with Crippen LogP contribution in [0.25, 0.3) is 0 Å². The van der Waals surface area contributed by atoms with Crippen molar-refractivity contribution in [2.75, 3.05) is 5.32 Å². The maximum absolute atomic E-state index is 6.05. The Balaban J connectivity index is 2.24. The van der Waals surface area contributed by atoms with Gasteiger partial charge in [0.25, 0.3) is 0 Å². The molecule has 0 bridgehead atoms. The second-order valence-corrected chi connectivity index (χ2v) is 8.69. The minimum Gasteiger partial charge on any atom is -0.389 e. The molecule has 1 aromatic carbocycles. The van der Waals surface area contributed by atoms with Gasteiger partial charge in [0.2, 0.25) is 0 Å². The number of benzene rings is 1. The van der Waals surface area contributed by atoms with Crippen molar-refractivity contribution >= 4 is 34.5 Å². The van der Waals surface area contributed by atoms with Crippen LogP contribution in [0.1, 0.15) is 52.5 Å². The van der Waals surface area contributed by atoms with Crippen molar-refractivity contribution in [3.05, 3.63) is 28.8 Å². The highest BCUT2D eigenvalue weighted by molar-refractivity contribution is 7.80. The molecule has 0 aromatic heterocycles. The number of hydrogen-bond donors (Lipinski definition) is 2. The lowest BCUT2D eigenvalue weighted by Crippen LogP contribution is -2.40. The van der Waals surface area contributed by atoms with Crippen LogP contribution >= 0.6 is 23.8 Å². The number of thiocarbonyl (C=S) groups is 1. The predicted molar refractivity (Wildman–Crippen MR) is 96.2 cm³/mol. The van der Waals surface area contributed by atoms with Gasteiger partial charge < -0.3 is 11.1 Å². The fraction of sp³-hybridized carbons (Fsp3) is 0.588. The Hall–Kier alpha value is -0.800. The molecule has 2 rings (SSSR count). The van der Waals surface area contributed by atoms with Gasteiger partial charge in [0.05, 0.1) is 0 Å². The fourth-order valence-electron chi connectivity index (χ4n) is 4.01. The quantitative estimate of drug-likeness (QED) is 0.769. The molecular formula is C17H25ClN2S. The fourth-order valence-corrected chi connectivity index (χ4v) is 4.36. The number of halogens is 1. The number of nitrogens with two attached hydrogens (primary N) is 1. The minimum atomic E-state index is 0.342. The van der Waals surface area contributed by atoms with Crippen LogP contribution in [0, 0.1) is 10.8 Å². The lowest BCUT2D eigenvalue weighted by Gasteiger charge is -2.45.